The molecule has 1 aliphatic carbocycles. The largest absolute Gasteiger partial charge is 0.481 e. The molecule has 0 heterocycles. The van der Waals surface area contributed by atoms with E-state index >= 15 is 0 Å². The van der Waals surface area contributed by atoms with Crippen LogP contribution in [0.3, 0.4) is 0 Å². The van der Waals surface area contributed by atoms with Crippen LogP contribution >= 0.6 is 0 Å². The SMILES string of the molecule is [2H]C1=C([2H])CC(C(=O)O)C1. The van der Waals surface area contributed by atoms with Crippen LogP contribution in [0.5, 0.6) is 0 Å². The van der Waals surface area contributed by atoms with Crippen molar-refractivity contribution in [2.24, 2.45) is 5.92 Å². The van der Waals surface area contributed by atoms with Crippen LogP contribution in [0.4, 0.5) is 0 Å². The Morgan fingerprint density at radius 1 is 1.75 bits per heavy atom. The molecule has 2 nitrogen and oxygen atoms in total. The van der Waals surface area contributed by atoms with E-state index in [1.54, 1.807) is 0 Å². The fraction of sp³-hybridized carbons (Fsp3) is 0.500. The number of rotatable bonds is 1. The molecule has 0 bridgehead atoms. The van der Waals surface area contributed by atoms with Crippen LogP contribution in [0.2, 0.25) is 0 Å². The van der Waals surface area contributed by atoms with Crippen molar-refractivity contribution in [2.75, 3.05) is 0 Å². The van der Waals surface area contributed by atoms with E-state index in [0.29, 0.717) is 0 Å². The van der Waals surface area contributed by atoms with Crippen molar-refractivity contribution >= 4 is 5.97 Å². The Kier molecular flexibility index (Phi) is 0.814. The summed E-state index contributed by atoms with van der Waals surface area (Å²) < 4.78 is 14.2. The molecule has 1 rings (SSSR count). The fourth-order valence-corrected chi connectivity index (χ4v) is 0.638. The Hall–Kier alpha value is -0.790. The van der Waals surface area contributed by atoms with Crippen molar-refractivity contribution in [1.29, 1.82) is 0 Å². The number of carboxylic acids is 1. The summed E-state index contributed by atoms with van der Waals surface area (Å²) in [6, 6.07) is 0.347. The quantitative estimate of drug-likeness (QED) is 0.517. The van der Waals surface area contributed by atoms with Crippen molar-refractivity contribution in [2.45, 2.75) is 12.8 Å². The van der Waals surface area contributed by atoms with Gasteiger partial charge in [-0.1, -0.05) is 12.1 Å². The van der Waals surface area contributed by atoms with Crippen LogP contribution < -0.4 is 0 Å². The van der Waals surface area contributed by atoms with E-state index in [2.05, 4.69) is 0 Å². The second-order valence-electron chi connectivity index (χ2n) is 1.80. The van der Waals surface area contributed by atoms with Gasteiger partial charge in [-0.15, -0.1) is 0 Å². The zero-order chi connectivity index (χ0) is 7.72. The van der Waals surface area contributed by atoms with E-state index in [0.717, 1.165) is 0 Å². The van der Waals surface area contributed by atoms with Crippen LogP contribution in [0.15, 0.2) is 12.1 Å². The van der Waals surface area contributed by atoms with Crippen molar-refractivity contribution in [1.82, 2.24) is 0 Å². The first-order valence-electron chi connectivity index (χ1n) is 3.49. The molecule has 0 unspecified atom stereocenters. The van der Waals surface area contributed by atoms with E-state index in [9.17, 15) is 4.79 Å². The fourth-order valence-electron chi connectivity index (χ4n) is 0.638. The summed E-state index contributed by atoms with van der Waals surface area (Å²) in [5.41, 5.74) is 0. The Balaban J connectivity index is 2.59. The first kappa shape index (κ1) is 3.28. The second-order valence-corrected chi connectivity index (χ2v) is 1.80. The highest BCUT2D eigenvalue weighted by Gasteiger charge is 2.16. The molecule has 0 atom stereocenters. The molecule has 0 aromatic rings. The van der Waals surface area contributed by atoms with Crippen molar-refractivity contribution in [3.8, 4) is 0 Å². The summed E-state index contributed by atoms with van der Waals surface area (Å²) in [5, 5.41) is 8.46. The summed E-state index contributed by atoms with van der Waals surface area (Å²) in [6.07, 6.45) is 0.461. The molecule has 2 heteroatoms. The number of carboxylic acid groups (broad SMARTS) is 1. The smallest absolute Gasteiger partial charge is 0.307 e. The maximum absolute atomic E-state index is 10.3. The van der Waals surface area contributed by atoms with Gasteiger partial charge in [0.25, 0.3) is 0 Å². The van der Waals surface area contributed by atoms with Crippen molar-refractivity contribution in [3.63, 3.8) is 0 Å². The zero-order valence-corrected chi connectivity index (χ0v) is 4.35. The van der Waals surface area contributed by atoms with Crippen LogP contribution in [0.25, 0.3) is 0 Å². The Bertz CT molecular complexity index is 184. The predicted molar refractivity (Wildman–Crippen MR) is 29.5 cm³/mol. The molecule has 0 aliphatic heterocycles. The van der Waals surface area contributed by atoms with Gasteiger partial charge in [-0.2, -0.15) is 0 Å². The molecule has 0 radical (unpaired) electrons. The normalized spacial score (nSPS) is 25.5. The summed E-state index contributed by atoms with van der Waals surface area (Å²) in [5.74, 6) is -1.41. The maximum atomic E-state index is 10.3. The van der Waals surface area contributed by atoms with Crippen LogP contribution in [0, 0.1) is 5.92 Å². The van der Waals surface area contributed by atoms with Gasteiger partial charge >= 0.3 is 5.97 Å². The molecule has 0 saturated heterocycles. The van der Waals surface area contributed by atoms with E-state index in [1.165, 1.54) is 0 Å². The summed E-state index contributed by atoms with van der Waals surface area (Å²) in [4.78, 5) is 10.3. The predicted octanol–water partition coefficient (Wildman–Crippen LogP) is 1.04. The molecule has 1 aliphatic rings. The molecule has 0 aromatic carbocycles. The van der Waals surface area contributed by atoms with E-state index in [1.807, 2.05) is 0 Å². The topological polar surface area (TPSA) is 37.3 Å². The van der Waals surface area contributed by atoms with E-state index in [4.69, 9.17) is 7.85 Å². The molecule has 44 valence electrons. The lowest BCUT2D eigenvalue weighted by Gasteiger charge is -1.97. The molecular formula is C6H8O2. The summed E-state index contributed by atoms with van der Waals surface area (Å²) in [6.45, 7) is 0. The Morgan fingerprint density at radius 3 is 2.50 bits per heavy atom. The second kappa shape index (κ2) is 1.99. The molecule has 0 saturated carbocycles. The highest BCUT2D eigenvalue weighted by molar-refractivity contribution is 5.70. The van der Waals surface area contributed by atoms with Crippen molar-refractivity contribution < 1.29 is 12.6 Å². The Labute approximate surface area is 50.6 Å². The van der Waals surface area contributed by atoms with Gasteiger partial charge in [-0.3, -0.25) is 4.79 Å². The minimum Gasteiger partial charge on any atom is -0.481 e. The van der Waals surface area contributed by atoms with Crippen molar-refractivity contribution in [3.05, 3.63) is 12.1 Å². The summed E-state index contributed by atoms with van der Waals surface area (Å²) >= 11 is 0. The van der Waals surface area contributed by atoms with Gasteiger partial charge in [0, 0.05) is 0 Å². The first-order valence-corrected chi connectivity index (χ1v) is 2.49. The lowest BCUT2D eigenvalue weighted by molar-refractivity contribution is -0.141. The molecule has 0 amide bonds. The molecule has 0 fully saturated rings. The number of allylic oxidation sites excluding steroid dienone is 2. The van der Waals surface area contributed by atoms with Crippen LogP contribution in [-0.2, 0) is 4.79 Å². The third-order valence-corrected chi connectivity index (χ3v) is 1.17. The average Bonchev–Trinajstić information content (AvgIpc) is 2.13. The van der Waals surface area contributed by atoms with Gasteiger partial charge in [0.05, 0.1) is 8.66 Å². The van der Waals surface area contributed by atoms with Crippen LogP contribution in [-0.4, -0.2) is 11.1 Å². The molecule has 8 heavy (non-hydrogen) atoms. The average molecular weight is 114 g/mol. The van der Waals surface area contributed by atoms with Gasteiger partial charge in [0.1, 0.15) is 0 Å². The first-order chi connectivity index (χ1) is 4.61. The zero-order valence-electron chi connectivity index (χ0n) is 6.35. The number of hydrogen-bond acceptors (Lipinski definition) is 1. The maximum Gasteiger partial charge on any atom is 0.307 e. The minimum absolute atomic E-state index is 0.174. The molecule has 1 N–H and O–H groups in total. The molecule has 0 aromatic heterocycles. The third-order valence-electron chi connectivity index (χ3n) is 1.17. The standard InChI is InChI=1S/C6H8O2/c7-6(8)5-3-1-2-4-5/h1-2,5H,3-4H2,(H,7,8)/i1D,2D. The molecular weight excluding hydrogens is 104 g/mol. The van der Waals surface area contributed by atoms with Gasteiger partial charge in [-0.25, -0.2) is 0 Å². The Morgan fingerprint density at radius 2 is 2.25 bits per heavy atom. The van der Waals surface area contributed by atoms with Gasteiger partial charge in [0.15, 0.2) is 0 Å². The number of hydrogen-bond donors (Lipinski definition) is 1. The lowest BCUT2D eigenvalue weighted by atomic mass is 10.1. The van der Waals surface area contributed by atoms with E-state index in [-0.39, 0.29) is 24.9 Å². The highest BCUT2D eigenvalue weighted by atomic mass is 16.4. The number of carbonyl (C=O) groups is 1. The monoisotopic (exact) mass is 114 g/mol. The van der Waals surface area contributed by atoms with Gasteiger partial charge in [0.2, 0.25) is 0 Å². The van der Waals surface area contributed by atoms with Crippen LogP contribution in [0.1, 0.15) is 15.6 Å². The van der Waals surface area contributed by atoms with Gasteiger partial charge in [-0.05, 0) is 12.8 Å². The van der Waals surface area contributed by atoms with E-state index < -0.39 is 11.9 Å². The number of aliphatic carboxylic acids is 1. The minimum atomic E-state index is -0.896. The third kappa shape index (κ3) is 0.886. The van der Waals surface area contributed by atoms with Gasteiger partial charge < -0.3 is 5.11 Å². The summed E-state index contributed by atoms with van der Waals surface area (Å²) in [7, 11) is 0. The highest BCUT2D eigenvalue weighted by Crippen LogP contribution is 2.16. The molecule has 0 spiro atoms. The lowest BCUT2D eigenvalue weighted by Crippen LogP contribution is -2.08.